The molecule has 2 aromatic carbocycles. The zero-order valence-corrected chi connectivity index (χ0v) is 12.6. The minimum Gasteiger partial charge on any atom is -0.465 e. The molecule has 1 N–H and O–H groups in total. The first-order valence-corrected chi connectivity index (χ1v) is 6.70. The molecule has 0 saturated heterocycles. The minimum atomic E-state index is -0.621. The molecule has 7 heteroatoms. The van der Waals surface area contributed by atoms with Crippen molar-refractivity contribution < 1.29 is 13.9 Å². The van der Waals surface area contributed by atoms with Crippen LogP contribution in [0.2, 0.25) is 0 Å². The molecule has 0 bridgehead atoms. The van der Waals surface area contributed by atoms with Gasteiger partial charge in [0.05, 0.1) is 18.4 Å². The Morgan fingerprint density at radius 3 is 2.38 bits per heavy atom. The molecule has 0 aromatic heterocycles. The van der Waals surface area contributed by atoms with E-state index < -0.39 is 11.8 Å². The van der Waals surface area contributed by atoms with E-state index in [9.17, 15) is 9.18 Å². The van der Waals surface area contributed by atoms with Crippen LogP contribution in [0, 0.1) is 28.5 Å². The van der Waals surface area contributed by atoms with E-state index in [0.29, 0.717) is 16.8 Å². The van der Waals surface area contributed by atoms with Crippen molar-refractivity contribution in [2.75, 3.05) is 12.5 Å². The number of rotatable bonds is 4. The number of methoxy groups -OCH3 is 1. The predicted octanol–water partition coefficient (Wildman–Crippen LogP) is 3.09. The van der Waals surface area contributed by atoms with Crippen LogP contribution in [0.25, 0.3) is 11.1 Å². The molecule has 0 saturated carbocycles. The second-order valence-electron chi connectivity index (χ2n) is 4.59. The third-order valence-electron chi connectivity index (χ3n) is 3.05. The second kappa shape index (κ2) is 7.52. The first kappa shape index (κ1) is 16.7. The van der Waals surface area contributed by atoms with Gasteiger partial charge in [0.25, 0.3) is 0 Å². The van der Waals surface area contributed by atoms with E-state index in [1.807, 2.05) is 0 Å². The highest BCUT2D eigenvalue weighted by atomic mass is 19.1. The van der Waals surface area contributed by atoms with Gasteiger partial charge in [0.2, 0.25) is 5.71 Å². The number of hydrogen-bond donors (Lipinski definition) is 1. The molecule has 0 heterocycles. The van der Waals surface area contributed by atoms with Crippen LogP contribution in [0.3, 0.4) is 0 Å². The van der Waals surface area contributed by atoms with E-state index in [4.69, 9.17) is 10.5 Å². The number of anilines is 1. The van der Waals surface area contributed by atoms with Crippen molar-refractivity contribution >= 4 is 17.4 Å². The van der Waals surface area contributed by atoms with Gasteiger partial charge in [-0.1, -0.05) is 12.1 Å². The molecule has 0 aliphatic carbocycles. The van der Waals surface area contributed by atoms with Crippen LogP contribution in [0.4, 0.5) is 10.1 Å². The third-order valence-corrected chi connectivity index (χ3v) is 3.05. The van der Waals surface area contributed by atoms with E-state index in [1.54, 1.807) is 36.4 Å². The van der Waals surface area contributed by atoms with E-state index >= 15 is 0 Å². The molecule has 0 spiro atoms. The Labute approximate surface area is 137 Å². The highest BCUT2D eigenvalue weighted by Crippen LogP contribution is 2.24. The number of carbonyl (C=O) groups is 1. The summed E-state index contributed by atoms with van der Waals surface area (Å²) in [5, 5.41) is 20.8. The van der Waals surface area contributed by atoms with Gasteiger partial charge in [-0.05, 0) is 41.5 Å². The summed E-state index contributed by atoms with van der Waals surface area (Å²) in [5.74, 6) is -1.17. The largest absolute Gasteiger partial charge is 0.465 e. The van der Waals surface area contributed by atoms with Crippen molar-refractivity contribution in [2.45, 2.75) is 0 Å². The fraction of sp³-hybridized carbons (Fsp3) is 0.0588. The number of nitriles is 2. The van der Waals surface area contributed by atoms with Crippen molar-refractivity contribution in [2.24, 2.45) is 5.10 Å². The summed E-state index contributed by atoms with van der Waals surface area (Å²) in [6, 6.07) is 13.9. The number of ether oxygens (including phenoxy) is 1. The maximum atomic E-state index is 13.7. The molecule has 0 unspecified atom stereocenters. The molecule has 2 rings (SSSR count). The molecule has 0 atom stereocenters. The first-order chi connectivity index (χ1) is 11.6. The van der Waals surface area contributed by atoms with Gasteiger partial charge >= 0.3 is 5.97 Å². The van der Waals surface area contributed by atoms with Crippen molar-refractivity contribution in [3.63, 3.8) is 0 Å². The summed E-state index contributed by atoms with van der Waals surface area (Å²) in [6.45, 7) is 0. The molecule has 0 radical (unpaired) electrons. The lowest BCUT2D eigenvalue weighted by Crippen LogP contribution is -2.02. The standard InChI is InChI=1S/C17H11FN4O2/c1-24-17(23)13-6-12(7-14(18)8-13)11-2-4-15(5-3-11)21-22-16(9-19)10-20/h2-8,21H,1H3. The number of nitrogens with one attached hydrogen (secondary N) is 1. The molecular weight excluding hydrogens is 311 g/mol. The van der Waals surface area contributed by atoms with Crippen molar-refractivity contribution in [1.82, 2.24) is 0 Å². The molecule has 118 valence electrons. The summed E-state index contributed by atoms with van der Waals surface area (Å²) in [6.07, 6.45) is 0. The van der Waals surface area contributed by atoms with Gasteiger partial charge in [-0.3, -0.25) is 5.43 Å². The van der Waals surface area contributed by atoms with Gasteiger partial charge in [0, 0.05) is 0 Å². The molecule has 24 heavy (non-hydrogen) atoms. The Morgan fingerprint density at radius 2 is 1.79 bits per heavy atom. The zero-order chi connectivity index (χ0) is 17.5. The lowest BCUT2D eigenvalue weighted by Gasteiger charge is -2.07. The van der Waals surface area contributed by atoms with Crippen molar-refractivity contribution in [3.05, 3.63) is 53.8 Å². The fourth-order valence-electron chi connectivity index (χ4n) is 1.92. The Bertz CT molecular complexity index is 861. The number of esters is 1. The highest BCUT2D eigenvalue weighted by molar-refractivity contribution is 6.10. The minimum absolute atomic E-state index is 0.118. The van der Waals surface area contributed by atoms with Crippen molar-refractivity contribution in [3.8, 4) is 23.3 Å². The monoisotopic (exact) mass is 322 g/mol. The Hall–Kier alpha value is -3.71. The maximum absolute atomic E-state index is 13.7. The van der Waals surface area contributed by atoms with Crippen LogP contribution >= 0.6 is 0 Å². The Balaban J connectivity index is 2.27. The van der Waals surface area contributed by atoms with E-state index in [0.717, 1.165) is 6.07 Å². The van der Waals surface area contributed by atoms with Gasteiger partial charge in [0.15, 0.2) is 0 Å². The van der Waals surface area contributed by atoms with Crippen LogP contribution in [-0.4, -0.2) is 18.8 Å². The maximum Gasteiger partial charge on any atom is 0.337 e. The van der Waals surface area contributed by atoms with E-state index in [1.165, 1.54) is 19.2 Å². The van der Waals surface area contributed by atoms with Gasteiger partial charge < -0.3 is 4.74 Å². The summed E-state index contributed by atoms with van der Waals surface area (Å²) in [4.78, 5) is 11.5. The van der Waals surface area contributed by atoms with Crippen LogP contribution in [0.1, 0.15) is 10.4 Å². The summed E-state index contributed by atoms with van der Waals surface area (Å²) < 4.78 is 18.3. The molecule has 6 nitrogen and oxygen atoms in total. The van der Waals surface area contributed by atoms with E-state index in [2.05, 4.69) is 15.3 Å². The van der Waals surface area contributed by atoms with Gasteiger partial charge in [0.1, 0.15) is 18.0 Å². The SMILES string of the molecule is COC(=O)c1cc(F)cc(-c2ccc(NN=C(C#N)C#N)cc2)c1. The molecule has 0 aliphatic rings. The normalized spacial score (nSPS) is 9.33. The number of halogens is 1. The quantitative estimate of drug-likeness (QED) is 0.530. The topological polar surface area (TPSA) is 98.3 Å². The summed E-state index contributed by atoms with van der Waals surface area (Å²) in [5.41, 5.74) is 4.13. The van der Waals surface area contributed by atoms with Crippen LogP contribution in [-0.2, 0) is 4.74 Å². The zero-order valence-electron chi connectivity index (χ0n) is 12.6. The predicted molar refractivity (Wildman–Crippen MR) is 85.5 cm³/mol. The van der Waals surface area contributed by atoms with Gasteiger partial charge in [-0.2, -0.15) is 15.6 Å². The number of hydrogen-bond acceptors (Lipinski definition) is 6. The van der Waals surface area contributed by atoms with Crippen LogP contribution < -0.4 is 5.43 Å². The first-order valence-electron chi connectivity index (χ1n) is 6.70. The average Bonchev–Trinajstić information content (AvgIpc) is 2.62. The van der Waals surface area contributed by atoms with E-state index in [-0.39, 0.29) is 11.3 Å². The number of nitrogens with zero attached hydrogens (tertiary/aromatic N) is 3. The number of hydrazone groups is 1. The molecular formula is C17H11FN4O2. The smallest absolute Gasteiger partial charge is 0.337 e. The lowest BCUT2D eigenvalue weighted by molar-refractivity contribution is 0.0600. The van der Waals surface area contributed by atoms with Crippen LogP contribution in [0.15, 0.2) is 47.6 Å². The van der Waals surface area contributed by atoms with Gasteiger partial charge in [-0.25, -0.2) is 9.18 Å². The number of carbonyl (C=O) groups excluding carboxylic acids is 1. The fourth-order valence-corrected chi connectivity index (χ4v) is 1.92. The lowest BCUT2D eigenvalue weighted by atomic mass is 10.0. The average molecular weight is 322 g/mol. The molecule has 0 amide bonds. The number of benzene rings is 2. The highest BCUT2D eigenvalue weighted by Gasteiger charge is 2.10. The Kier molecular flexibility index (Phi) is 5.22. The molecule has 0 fully saturated rings. The Morgan fingerprint density at radius 1 is 1.12 bits per heavy atom. The molecule has 0 aliphatic heterocycles. The summed E-state index contributed by atoms with van der Waals surface area (Å²) >= 11 is 0. The van der Waals surface area contributed by atoms with Crippen LogP contribution in [0.5, 0.6) is 0 Å². The third kappa shape index (κ3) is 3.93. The van der Waals surface area contributed by atoms with Gasteiger partial charge in [-0.15, -0.1) is 0 Å². The van der Waals surface area contributed by atoms with Crippen molar-refractivity contribution in [1.29, 1.82) is 10.5 Å². The molecule has 2 aromatic rings. The second-order valence-corrected chi connectivity index (χ2v) is 4.59. The summed E-state index contributed by atoms with van der Waals surface area (Å²) in [7, 11) is 1.23.